The molecule has 5 aromatic heterocycles. The standard InChI is InChI=1S/C30H27N7S/c1-17-10-13-26(38-17)22-8-5-9-24-27(22)35-30(34-24)29-28-25(36-37-29)12-11-23(33-28)20-14-21(16-31-15-20)32-18(2)19-6-3-4-7-19/h5,8-16,19,32H,2-4,6-7H2,1H3,(H,34,35)(H,36,37). The highest BCUT2D eigenvalue weighted by Crippen LogP contribution is 2.35. The zero-order valence-electron chi connectivity index (χ0n) is 21.1. The first kappa shape index (κ1) is 22.9. The van der Waals surface area contributed by atoms with E-state index in [0.717, 1.165) is 50.3 Å². The number of nitrogens with one attached hydrogen (secondary N) is 3. The van der Waals surface area contributed by atoms with Crippen molar-refractivity contribution < 1.29 is 0 Å². The van der Waals surface area contributed by atoms with E-state index in [1.807, 2.05) is 30.6 Å². The van der Waals surface area contributed by atoms with E-state index >= 15 is 0 Å². The van der Waals surface area contributed by atoms with Crippen molar-refractivity contribution in [3.63, 3.8) is 0 Å². The van der Waals surface area contributed by atoms with E-state index in [-0.39, 0.29) is 0 Å². The number of benzene rings is 1. The number of aryl methyl sites for hydroxylation is 1. The molecule has 0 aliphatic heterocycles. The minimum absolute atomic E-state index is 0.537. The van der Waals surface area contributed by atoms with Crippen LogP contribution in [-0.2, 0) is 0 Å². The molecule has 0 saturated heterocycles. The largest absolute Gasteiger partial charge is 0.358 e. The summed E-state index contributed by atoms with van der Waals surface area (Å²) in [5.74, 6) is 1.23. The molecule has 7 nitrogen and oxygen atoms in total. The van der Waals surface area contributed by atoms with Crippen LogP contribution >= 0.6 is 11.3 Å². The molecule has 3 N–H and O–H groups in total. The van der Waals surface area contributed by atoms with Crippen LogP contribution in [0.15, 0.2) is 73.2 Å². The number of allylic oxidation sites excluding steroid dienone is 1. The topological polar surface area (TPSA) is 95.2 Å². The summed E-state index contributed by atoms with van der Waals surface area (Å²) < 4.78 is 0. The second-order valence-electron chi connectivity index (χ2n) is 9.96. The van der Waals surface area contributed by atoms with E-state index in [4.69, 9.17) is 9.97 Å². The maximum Gasteiger partial charge on any atom is 0.161 e. The first-order valence-corrected chi connectivity index (χ1v) is 13.8. The van der Waals surface area contributed by atoms with Crippen LogP contribution < -0.4 is 5.32 Å². The van der Waals surface area contributed by atoms with E-state index in [1.54, 1.807) is 11.3 Å². The van der Waals surface area contributed by atoms with Crippen molar-refractivity contribution >= 4 is 39.1 Å². The minimum atomic E-state index is 0.537. The second kappa shape index (κ2) is 9.22. The molecule has 0 bridgehead atoms. The van der Waals surface area contributed by atoms with Gasteiger partial charge < -0.3 is 10.3 Å². The Labute approximate surface area is 224 Å². The average molecular weight is 518 g/mol. The molecule has 0 amide bonds. The Balaban J connectivity index is 1.24. The fourth-order valence-electron chi connectivity index (χ4n) is 5.36. The molecule has 38 heavy (non-hydrogen) atoms. The normalized spacial score (nSPS) is 14.0. The summed E-state index contributed by atoms with van der Waals surface area (Å²) in [6.45, 7) is 6.40. The molecule has 7 rings (SSSR count). The van der Waals surface area contributed by atoms with Gasteiger partial charge in [0.25, 0.3) is 0 Å². The number of aromatic nitrogens is 6. The van der Waals surface area contributed by atoms with Crippen LogP contribution in [0.2, 0.25) is 0 Å². The number of para-hydroxylation sites is 1. The van der Waals surface area contributed by atoms with Crippen LogP contribution in [-0.4, -0.2) is 30.1 Å². The quantitative estimate of drug-likeness (QED) is 0.210. The van der Waals surface area contributed by atoms with E-state index in [2.05, 4.69) is 69.3 Å². The number of thiophene rings is 1. The Morgan fingerprint density at radius 1 is 1.00 bits per heavy atom. The lowest BCUT2D eigenvalue weighted by Gasteiger charge is -2.15. The van der Waals surface area contributed by atoms with Crippen molar-refractivity contribution in [1.82, 2.24) is 30.1 Å². The Hall–Kier alpha value is -4.30. The fourth-order valence-corrected chi connectivity index (χ4v) is 6.25. The molecule has 6 aromatic rings. The van der Waals surface area contributed by atoms with Crippen LogP contribution in [0.4, 0.5) is 5.69 Å². The molecule has 0 unspecified atom stereocenters. The molecule has 1 fully saturated rings. The van der Waals surface area contributed by atoms with Gasteiger partial charge in [0.1, 0.15) is 5.52 Å². The Bertz CT molecular complexity index is 1800. The molecule has 1 aliphatic rings. The Morgan fingerprint density at radius 3 is 2.74 bits per heavy atom. The molecule has 1 aromatic carbocycles. The summed E-state index contributed by atoms with van der Waals surface area (Å²) >= 11 is 1.77. The number of H-pyrrole nitrogens is 2. The van der Waals surface area contributed by atoms with Crippen LogP contribution in [0.5, 0.6) is 0 Å². The minimum Gasteiger partial charge on any atom is -0.358 e. The number of anilines is 1. The molecule has 1 aliphatic carbocycles. The van der Waals surface area contributed by atoms with E-state index < -0.39 is 0 Å². The van der Waals surface area contributed by atoms with Gasteiger partial charge in [-0.1, -0.05) is 31.6 Å². The number of pyridine rings is 2. The highest BCUT2D eigenvalue weighted by atomic mass is 32.1. The lowest BCUT2D eigenvalue weighted by molar-refractivity contribution is 0.649. The highest BCUT2D eigenvalue weighted by molar-refractivity contribution is 7.15. The number of aromatic amines is 2. The van der Waals surface area contributed by atoms with Crippen molar-refractivity contribution in [3.8, 4) is 33.2 Å². The number of rotatable bonds is 6. The van der Waals surface area contributed by atoms with Gasteiger partial charge in [-0.15, -0.1) is 11.3 Å². The van der Waals surface area contributed by atoms with Crippen LogP contribution in [0.3, 0.4) is 0 Å². The number of fused-ring (bicyclic) bond motifs is 2. The number of hydrogen-bond acceptors (Lipinski definition) is 6. The smallest absolute Gasteiger partial charge is 0.161 e. The van der Waals surface area contributed by atoms with Crippen molar-refractivity contribution in [2.24, 2.45) is 5.92 Å². The SMILES string of the molecule is C=C(Nc1cncc(-c2ccc3[nH]nc(-c4nc5c(-c6ccc(C)s6)cccc5[nH]4)c3n2)c1)C1CCCC1. The van der Waals surface area contributed by atoms with Crippen molar-refractivity contribution in [3.05, 3.63) is 78.1 Å². The molecule has 5 heterocycles. The number of nitrogens with zero attached hydrogens (tertiary/aromatic N) is 4. The molecular formula is C30H27N7S. The fraction of sp³-hybridized carbons (Fsp3) is 0.200. The van der Waals surface area contributed by atoms with Gasteiger partial charge in [-0.3, -0.25) is 10.1 Å². The number of hydrogen-bond donors (Lipinski definition) is 3. The van der Waals surface area contributed by atoms with E-state index in [1.165, 1.54) is 35.4 Å². The van der Waals surface area contributed by atoms with Crippen LogP contribution in [0.1, 0.15) is 30.6 Å². The predicted molar refractivity (Wildman–Crippen MR) is 155 cm³/mol. The third-order valence-electron chi connectivity index (χ3n) is 7.34. The van der Waals surface area contributed by atoms with Crippen molar-refractivity contribution in [2.45, 2.75) is 32.6 Å². The van der Waals surface area contributed by atoms with E-state index in [9.17, 15) is 0 Å². The first-order valence-electron chi connectivity index (χ1n) is 12.9. The van der Waals surface area contributed by atoms with Gasteiger partial charge in [0.15, 0.2) is 11.5 Å². The van der Waals surface area contributed by atoms with Gasteiger partial charge in [0, 0.05) is 32.8 Å². The Morgan fingerprint density at radius 2 is 1.89 bits per heavy atom. The summed E-state index contributed by atoms with van der Waals surface area (Å²) in [7, 11) is 0. The second-order valence-corrected chi connectivity index (χ2v) is 11.2. The summed E-state index contributed by atoms with van der Waals surface area (Å²) in [5.41, 5.74) is 9.11. The highest BCUT2D eigenvalue weighted by Gasteiger charge is 2.19. The van der Waals surface area contributed by atoms with Crippen molar-refractivity contribution in [1.29, 1.82) is 0 Å². The third kappa shape index (κ3) is 4.07. The lowest BCUT2D eigenvalue weighted by atomic mass is 10.0. The first-order chi connectivity index (χ1) is 18.6. The monoisotopic (exact) mass is 517 g/mol. The molecule has 0 atom stereocenters. The molecular weight excluding hydrogens is 490 g/mol. The molecule has 0 spiro atoms. The average Bonchev–Trinajstić information content (AvgIpc) is 3.74. The van der Waals surface area contributed by atoms with Gasteiger partial charge in [-0.05, 0) is 62.1 Å². The zero-order valence-corrected chi connectivity index (χ0v) is 21.9. The van der Waals surface area contributed by atoms with E-state index in [0.29, 0.717) is 17.4 Å². The van der Waals surface area contributed by atoms with Gasteiger partial charge in [-0.25, -0.2) is 9.97 Å². The maximum atomic E-state index is 4.99. The molecule has 0 radical (unpaired) electrons. The third-order valence-corrected chi connectivity index (χ3v) is 8.37. The predicted octanol–water partition coefficient (Wildman–Crippen LogP) is 7.72. The van der Waals surface area contributed by atoms with Crippen molar-refractivity contribution in [2.75, 3.05) is 5.32 Å². The lowest BCUT2D eigenvalue weighted by Crippen LogP contribution is -2.07. The van der Waals surface area contributed by atoms with Gasteiger partial charge >= 0.3 is 0 Å². The zero-order chi connectivity index (χ0) is 25.6. The molecule has 1 saturated carbocycles. The summed E-state index contributed by atoms with van der Waals surface area (Å²) in [6.07, 6.45) is 8.65. The summed E-state index contributed by atoms with van der Waals surface area (Å²) in [5, 5.41) is 11.2. The van der Waals surface area contributed by atoms with Gasteiger partial charge in [0.05, 0.1) is 34.1 Å². The van der Waals surface area contributed by atoms with Crippen LogP contribution in [0, 0.1) is 12.8 Å². The Kier molecular flexibility index (Phi) is 5.55. The molecule has 188 valence electrons. The summed E-state index contributed by atoms with van der Waals surface area (Å²) in [4.78, 5) is 20.4. The number of imidazole rings is 1. The molecule has 8 heteroatoms. The van der Waals surface area contributed by atoms with Crippen LogP contribution in [0.25, 0.3) is 55.3 Å². The summed E-state index contributed by atoms with van der Waals surface area (Å²) in [6, 6.07) is 16.6. The van der Waals surface area contributed by atoms with Gasteiger partial charge in [-0.2, -0.15) is 5.10 Å². The maximum absolute atomic E-state index is 4.99. The van der Waals surface area contributed by atoms with Gasteiger partial charge in [0.2, 0.25) is 0 Å².